The van der Waals surface area contributed by atoms with Crippen molar-refractivity contribution in [3.63, 3.8) is 0 Å². The predicted octanol–water partition coefficient (Wildman–Crippen LogP) is 11.0. The molecule has 0 aliphatic rings. The maximum absolute atomic E-state index is 5.24. The third-order valence-corrected chi connectivity index (χ3v) is 7.81. The number of aromatic nitrogens is 1. The van der Waals surface area contributed by atoms with Crippen LogP contribution in [0.25, 0.3) is 0 Å². The molecule has 40 heavy (non-hydrogen) atoms. The molecule has 3 aromatic rings. The van der Waals surface area contributed by atoms with Crippen molar-refractivity contribution in [2.75, 3.05) is 0 Å². The van der Waals surface area contributed by atoms with Gasteiger partial charge in [-0.3, -0.25) is 9.98 Å². The van der Waals surface area contributed by atoms with E-state index in [-0.39, 0.29) is 0 Å². The number of benzene rings is 2. The van der Waals surface area contributed by atoms with E-state index in [4.69, 9.17) is 15.0 Å². The van der Waals surface area contributed by atoms with Gasteiger partial charge in [-0.15, -0.1) is 0 Å². The van der Waals surface area contributed by atoms with E-state index in [0.29, 0.717) is 23.7 Å². The van der Waals surface area contributed by atoms with Crippen LogP contribution in [-0.4, -0.2) is 16.4 Å². The Morgan fingerprint density at radius 2 is 0.875 bits per heavy atom. The summed E-state index contributed by atoms with van der Waals surface area (Å²) in [5.74, 6) is 1.59. The minimum absolute atomic E-state index is 0.397. The summed E-state index contributed by atoms with van der Waals surface area (Å²) in [5, 5.41) is 0. The number of pyridine rings is 1. The molecule has 3 heteroatoms. The zero-order valence-corrected chi connectivity index (χ0v) is 27.1. The lowest BCUT2D eigenvalue weighted by Gasteiger charge is -2.20. The normalized spacial score (nSPS) is 12.9. The van der Waals surface area contributed by atoms with Gasteiger partial charge in [0.15, 0.2) is 0 Å². The van der Waals surface area contributed by atoms with Crippen molar-refractivity contribution in [3.8, 4) is 0 Å². The molecule has 3 rings (SSSR count). The maximum Gasteiger partial charge on any atom is 0.0849 e. The maximum atomic E-state index is 5.24. The topological polar surface area (TPSA) is 37.6 Å². The van der Waals surface area contributed by atoms with Crippen molar-refractivity contribution < 1.29 is 0 Å². The van der Waals surface area contributed by atoms with Crippen LogP contribution >= 0.6 is 0 Å². The lowest BCUT2D eigenvalue weighted by atomic mass is 9.89. The van der Waals surface area contributed by atoms with Crippen molar-refractivity contribution in [2.24, 2.45) is 9.98 Å². The quantitative estimate of drug-likeness (QED) is 0.237. The van der Waals surface area contributed by atoms with Crippen molar-refractivity contribution in [3.05, 3.63) is 87.2 Å². The summed E-state index contributed by atoms with van der Waals surface area (Å²) in [6, 6.07) is 15.6. The minimum Gasteiger partial charge on any atom is -0.251 e. The Labute approximate surface area is 244 Å². The van der Waals surface area contributed by atoms with Crippen LogP contribution in [0.2, 0.25) is 0 Å². The van der Waals surface area contributed by atoms with Crippen LogP contribution < -0.4 is 0 Å². The first-order chi connectivity index (χ1) is 18.9. The number of hydrogen-bond acceptors (Lipinski definition) is 3. The molecule has 0 N–H and O–H groups in total. The number of hydrogen-bond donors (Lipinski definition) is 0. The van der Waals surface area contributed by atoms with Crippen molar-refractivity contribution in [2.45, 2.75) is 120 Å². The fourth-order valence-electron chi connectivity index (χ4n) is 5.20. The lowest BCUT2D eigenvalue weighted by molar-refractivity contribution is 0.828. The highest BCUT2D eigenvalue weighted by Crippen LogP contribution is 2.38. The van der Waals surface area contributed by atoms with Crippen LogP contribution in [0.3, 0.4) is 0 Å². The molecule has 0 amide bonds. The first-order valence-corrected chi connectivity index (χ1v) is 15.3. The average molecular weight is 538 g/mol. The van der Waals surface area contributed by atoms with E-state index in [1.165, 1.54) is 33.4 Å². The van der Waals surface area contributed by atoms with Gasteiger partial charge >= 0.3 is 0 Å². The Balaban J connectivity index is 2.13. The van der Waals surface area contributed by atoms with E-state index < -0.39 is 0 Å². The van der Waals surface area contributed by atoms with Crippen LogP contribution in [0.15, 0.2) is 52.4 Å². The van der Waals surface area contributed by atoms with Gasteiger partial charge in [0.2, 0.25) is 0 Å². The van der Waals surface area contributed by atoms with Gasteiger partial charge in [-0.25, -0.2) is 4.98 Å². The highest BCUT2D eigenvalue weighted by atomic mass is 14.8. The van der Waals surface area contributed by atoms with Gasteiger partial charge < -0.3 is 0 Å². The molecule has 0 fully saturated rings. The van der Waals surface area contributed by atoms with Crippen LogP contribution in [0.4, 0.5) is 11.4 Å². The second kappa shape index (κ2) is 13.5. The van der Waals surface area contributed by atoms with E-state index in [1.54, 1.807) is 0 Å². The Kier molecular flexibility index (Phi) is 10.6. The van der Waals surface area contributed by atoms with E-state index in [2.05, 4.69) is 126 Å². The minimum atomic E-state index is 0.397. The molecule has 0 saturated heterocycles. The highest BCUT2D eigenvalue weighted by molar-refractivity contribution is 6.02. The molecule has 0 radical (unpaired) electrons. The van der Waals surface area contributed by atoms with Gasteiger partial charge in [0.1, 0.15) is 0 Å². The molecule has 3 nitrogen and oxygen atoms in total. The molecule has 214 valence electrons. The standard InChI is InChI=1S/C37H51N3/c1-13-28-18-30(22(3)4)36(31(19-28)23(5)6)38-26(11)34-16-15-17-35(40-34)27(12)39-37-32(24(7)8)20-29(14-2)21-33(37)25(9)10/h15-25H,13-14H2,1-12H3. The van der Waals surface area contributed by atoms with Crippen LogP contribution in [0, 0.1) is 0 Å². The van der Waals surface area contributed by atoms with Crippen molar-refractivity contribution in [1.29, 1.82) is 0 Å². The molecule has 1 aromatic heterocycles. The molecule has 1 heterocycles. The smallest absolute Gasteiger partial charge is 0.0849 e. The largest absolute Gasteiger partial charge is 0.251 e. The van der Waals surface area contributed by atoms with E-state index in [9.17, 15) is 0 Å². The van der Waals surface area contributed by atoms with Gasteiger partial charge in [0.05, 0.1) is 34.2 Å². The van der Waals surface area contributed by atoms with Crippen molar-refractivity contribution >= 4 is 22.8 Å². The summed E-state index contributed by atoms with van der Waals surface area (Å²) in [6.45, 7) is 26.7. The molecule has 0 aliphatic heterocycles. The number of rotatable bonds is 10. The molecule has 0 unspecified atom stereocenters. The van der Waals surface area contributed by atoms with E-state index in [1.807, 2.05) is 0 Å². The zero-order valence-electron chi connectivity index (χ0n) is 27.1. The van der Waals surface area contributed by atoms with Gasteiger partial charge in [-0.05, 0) is 95.9 Å². The summed E-state index contributed by atoms with van der Waals surface area (Å²) in [5.41, 5.74) is 13.9. The summed E-state index contributed by atoms with van der Waals surface area (Å²) in [7, 11) is 0. The highest BCUT2D eigenvalue weighted by Gasteiger charge is 2.18. The van der Waals surface area contributed by atoms with Crippen LogP contribution in [0.5, 0.6) is 0 Å². The monoisotopic (exact) mass is 537 g/mol. The molecular formula is C37H51N3. The number of aryl methyl sites for hydroxylation is 2. The SMILES string of the molecule is CCc1cc(C(C)C)c(N=C(C)c2cccc(C(C)=Nc3c(C(C)C)cc(CC)cc3C(C)C)n2)c(C(C)C)c1. The number of aliphatic imine (C=N–C) groups is 2. The average Bonchev–Trinajstić information content (AvgIpc) is 2.92. The van der Waals surface area contributed by atoms with Gasteiger partial charge in [0.25, 0.3) is 0 Å². The van der Waals surface area contributed by atoms with Gasteiger partial charge in [-0.2, -0.15) is 0 Å². The fourth-order valence-corrected chi connectivity index (χ4v) is 5.20. The van der Waals surface area contributed by atoms with Crippen molar-refractivity contribution in [1.82, 2.24) is 4.98 Å². The van der Waals surface area contributed by atoms with E-state index in [0.717, 1.165) is 47.0 Å². The fraction of sp³-hybridized carbons (Fsp3) is 0.486. The Morgan fingerprint density at radius 1 is 0.575 bits per heavy atom. The first-order valence-electron chi connectivity index (χ1n) is 15.3. The molecule has 2 aromatic carbocycles. The van der Waals surface area contributed by atoms with Crippen LogP contribution in [-0.2, 0) is 12.8 Å². The summed E-state index contributed by atoms with van der Waals surface area (Å²) < 4.78 is 0. The Hall–Kier alpha value is -3.07. The second-order valence-electron chi connectivity index (χ2n) is 12.4. The van der Waals surface area contributed by atoms with Gasteiger partial charge in [-0.1, -0.05) is 99.6 Å². The number of nitrogens with zero attached hydrogens (tertiary/aromatic N) is 3. The molecule has 0 bridgehead atoms. The molecular weight excluding hydrogens is 486 g/mol. The predicted molar refractivity (Wildman–Crippen MR) is 176 cm³/mol. The second-order valence-corrected chi connectivity index (χ2v) is 12.4. The summed E-state index contributed by atoms with van der Waals surface area (Å²) in [4.78, 5) is 15.5. The molecule has 0 saturated carbocycles. The lowest BCUT2D eigenvalue weighted by Crippen LogP contribution is -2.07. The summed E-state index contributed by atoms with van der Waals surface area (Å²) >= 11 is 0. The van der Waals surface area contributed by atoms with Gasteiger partial charge in [0, 0.05) is 0 Å². The zero-order chi connectivity index (χ0) is 29.7. The third-order valence-electron chi connectivity index (χ3n) is 7.81. The summed E-state index contributed by atoms with van der Waals surface area (Å²) in [6.07, 6.45) is 2.06. The Morgan fingerprint density at radius 3 is 1.12 bits per heavy atom. The Bertz CT molecular complexity index is 1230. The van der Waals surface area contributed by atoms with E-state index >= 15 is 0 Å². The molecule has 0 atom stereocenters. The van der Waals surface area contributed by atoms with Crippen LogP contribution in [0.1, 0.15) is 152 Å². The first kappa shape index (κ1) is 31.5. The molecule has 0 spiro atoms. The molecule has 0 aliphatic carbocycles. The third kappa shape index (κ3) is 7.16.